The van der Waals surface area contributed by atoms with Gasteiger partial charge in [0.25, 0.3) is 0 Å². The molecule has 0 saturated heterocycles. The van der Waals surface area contributed by atoms with Crippen molar-refractivity contribution in [2.75, 3.05) is 13.1 Å². The third-order valence-electron chi connectivity index (χ3n) is 1.95. The van der Waals surface area contributed by atoms with Crippen LogP contribution in [0.1, 0.15) is 13.8 Å². The minimum atomic E-state index is -1.08. The first kappa shape index (κ1) is 13.4. The predicted octanol–water partition coefficient (Wildman–Crippen LogP) is 0.617. The van der Waals surface area contributed by atoms with Crippen molar-refractivity contribution >= 4 is 11.8 Å². The van der Waals surface area contributed by atoms with Crippen molar-refractivity contribution < 1.29 is 9.59 Å². The van der Waals surface area contributed by atoms with Gasteiger partial charge in [0.05, 0.1) is 0 Å². The van der Waals surface area contributed by atoms with Gasteiger partial charge in [-0.25, -0.2) is 0 Å². The van der Waals surface area contributed by atoms with Crippen LogP contribution in [0.15, 0.2) is 25.3 Å². The number of carbonyl (C=O) groups excluding carboxylic acids is 2. The Kier molecular flexibility index (Phi) is 5.37. The Labute approximate surface area is 90.4 Å². The standard InChI is InChI=1S/C11H18N2O2/c1-5-7-12-9(14)11(3,4)10(15)13-8-6-2/h5-6H,1-2,7-8H2,3-4H3,(H,12,14)(H,13,15). The molecule has 0 aliphatic rings. The summed E-state index contributed by atoms with van der Waals surface area (Å²) in [5, 5.41) is 5.17. The fourth-order valence-electron chi connectivity index (χ4n) is 0.875. The van der Waals surface area contributed by atoms with E-state index in [-0.39, 0.29) is 11.8 Å². The Balaban J connectivity index is 4.36. The Morgan fingerprint density at radius 3 is 1.67 bits per heavy atom. The number of amides is 2. The predicted molar refractivity (Wildman–Crippen MR) is 60.2 cm³/mol. The van der Waals surface area contributed by atoms with Crippen LogP contribution in [0.3, 0.4) is 0 Å². The van der Waals surface area contributed by atoms with Gasteiger partial charge in [-0.05, 0) is 13.8 Å². The molecule has 0 radical (unpaired) electrons. The lowest BCUT2D eigenvalue weighted by molar-refractivity contribution is -0.141. The summed E-state index contributed by atoms with van der Waals surface area (Å²) in [6.07, 6.45) is 3.13. The van der Waals surface area contributed by atoms with Crippen molar-refractivity contribution in [2.24, 2.45) is 5.41 Å². The van der Waals surface area contributed by atoms with Gasteiger partial charge in [0, 0.05) is 13.1 Å². The zero-order valence-electron chi connectivity index (χ0n) is 9.30. The topological polar surface area (TPSA) is 58.2 Å². The van der Waals surface area contributed by atoms with E-state index >= 15 is 0 Å². The molecule has 0 aliphatic carbocycles. The zero-order chi connectivity index (χ0) is 11.9. The summed E-state index contributed by atoms with van der Waals surface area (Å²) in [4.78, 5) is 23.2. The summed E-state index contributed by atoms with van der Waals surface area (Å²) in [5.41, 5.74) is -1.08. The lowest BCUT2D eigenvalue weighted by atomic mass is 9.91. The molecule has 0 rings (SSSR count). The summed E-state index contributed by atoms with van der Waals surface area (Å²) in [5.74, 6) is -0.632. The molecule has 0 heterocycles. The molecular weight excluding hydrogens is 192 g/mol. The molecule has 4 nitrogen and oxygen atoms in total. The van der Waals surface area contributed by atoms with Gasteiger partial charge in [0.1, 0.15) is 5.41 Å². The van der Waals surface area contributed by atoms with Crippen molar-refractivity contribution in [1.29, 1.82) is 0 Å². The van der Waals surface area contributed by atoms with Crippen LogP contribution < -0.4 is 10.6 Å². The van der Waals surface area contributed by atoms with Crippen LogP contribution in [0.25, 0.3) is 0 Å². The average molecular weight is 210 g/mol. The van der Waals surface area contributed by atoms with Gasteiger partial charge in [0.15, 0.2) is 0 Å². The van der Waals surface area contributed by atoms with Crippen LogP contribution in [0.4, 0.5) is 0 Å². The molecule has 2 amide bonds. The van der Waals surface area contributed by atoms with Gasteiger partial charge in [-0.3, -0.25) is 9.59 Å². The lowest BCUT2D eigenvalue weighted by Gasteiger charge is -2.21. The van der Waals surface area contributed by atoms with E-state index < -0.39 is 5.41 Å². The molecular formula is C11H18N2O2. The Bertz CT molecular complexity index is 244. The molecule has 2 N–H and O–H groups in total. The smallest absolute Gasteiger partial charge is 0.235 e. The lowest BCUT2D eigenvalue weighted by Crippen LogP contribution is -2.47. The van der Waals surface area contributed by atoms with Crippen LogP contribution in [0.2, 0.25) is 0 Å². The first-order chi connectivity index (χ1) is 6.96. The van der Waals surface area contributed by atoms with E-state index in [4.69, 9.17) is 0 Å². The maximum atomic E-state index is 11.6. The number of nitrogens with one attached hydrogen (secondary N) is 2. The van der Waals surface area contributed by atoms with Gasteiger partial charge in [-0.2, -0.15) is 0 Å². The minimum absolute atomic E-state index is 0.316. The highest BCUT2D eigenvalue weighted by Crippen LogP contribution is 2.14. The second-order valence-corrected chi connectivity index (χ2v) is 3.62. The van der Waals surface area contributed by atoms with Crippen molar-refractivity contribution in [2.45, 2.75) is 13.8 Å². The summed E-state index contributed by atoms with van der Waals surface area (Å²) >= 11 is 0. The normalized spacial score (nSPS) is 10.3. The minimum Gasteiger partial charge on any atom is -0.352 e. The molecule has 0 aromatic heterocycles. The van der Waals surface area contributed by atoms with E-state index in [2.05, 4.69) is 23.8 Å². The maximum Gasteiger partial charge on any atom is 0.235 e. The molecule has 4 heteroatoms. The SMILES string of the molecule is C=CCNC(=O)C(C)(C)C(=O)NCC=C. The molecule has 0 spiro atoms. The van der Waals surface area contributed by atoms with E-state index in [0.717, 1.165) is 0 Å². The highest BCUT2D eigenvalue weighted by molar-refractivity contribution is 6.04. The van der Waals surface area contributed by atoms with Crippen LogP contribution >= 0.6 is 0 Å². The van der Waals surface area contributed by atoms with Crippen LogP contribution in [0, 0.1) is 5.41 Å². The Morgan fingerprint density at radius 2 is 1.40 bits per heavy atom. The molecule has 0 atom stereocenters. The van der Waals surface area contributed by atoms with Gasteiger partial charge < -0.3 is 10.6 Å². The largest absolute Gasteiger partial charge is 0.352 e. The zero-order valence-corrected chi connectivity index (χ0v) is 9.30. The molecule has 0 saturated carbocycles. The fourth-order valence-corrected chi connectivity index (χ4v) is 0.875. The summed E-state index contributed by atoms with van der Waals surface area (Å²) < 4.78 is 0. The van der Waals surface area contributed by atoms with Gasteiger partial charge in [-0.1, -0.05) is 12.2 Å². The van der Waals surface area contributed by atoms with Crippen molar-refractivity contribution in [1.82, 2.24) is 10.6 Å². The molecule has 0 aromatic carbocycles. The number of rotatable bonds is 6. The van der Waals surface area contributed by atoms with Crippen molar-refractivity contribution in [3.8, 4) is 0 Å². The van der Waals surface area contributed by atoms with E-state index in [9.17, 15) is 9.59 Å². The van der Waals surface area contributed by atoms with E-state index in [1.54, 1.807) is 26.0 Å². The second kappa shape index (κ2) is 6.01. The maximum absolute atomic E-state index is 11.6. The van der Waals surface area contributed by atoms with E-state index in [0.29, 0.717) is 13.1 Å². The first-order valence-electron chi connectivity index (χ1n) is 4.75. The van der Waals surface area contributed by atoms with Crippen molar-refractivity contribution in [3.63, 3.8) is 0 Å². The third-order valence-corrected chi connectivity index (χ3v) is 1.95. The molecule has 15 heavy (non-hydrogen) atoms. The van der Waals surface area contributed by atoms with Gasteiger partial charge in [0.2, 0.25) is 11.8 Å². The number of hydrogen-bond acceptors (Lipinski definition) is 2. The molecule has 0 unspecified atom stereocenters. The highest BCUT2D eigenvalue weighted by Gasteiger charge is 2.35. The molecule has 0 aliphatic heterocycles. The first-order valence-corrected chi connectivity index (χ1v) is 4.75. The Morgan fingerprint density at radius 1 is 1.07 bits per heavy atom. The van der Waals surface area contributed by atoms with Crippen LogP contribution in [-0.4, -0.2) is 24.9 Å². The highest BCUT2D eigenvalue weighted by atomic mass is 16.2. The van der Waals surface area contributed by atoms with Gasteiger partial charge >= 0.3 is 0 Å². The monoisotopic (exact) mass is 210 g/mol. The molecule has 84 valence electrons. The second-order valence-electron chi connectivity index (χ2n) is 3.62. The third kappa shape index (κ3) is 3.97. The molecule has 0 aromatic rings. The van der Waals surface area contributed by atoms with E-state index in [1.807, 2.05) is 0 Å². The van der Waals surface area contributed by atoms with E-state index in [1.165, 1.54) is 0 Å². The van der Waals surface area contributed by atoms with Crippen LogP contribution in [0.5, 0.6) is 0 Å². The summed E-state index contributed by atoms with van der Waals surface area (Å²) in [6, 6.07) is 0. The molecule has 0 fully saturated rings. The average Bonchev–Trinajstić information content (AvgIpc) is 2.21. The number of hydrogen-bond donors (Lipinski definition) is 2. The fraction of sp³-hybridized carbons (Fsp3) is 0.455. The summed E-state index contributed by atoms with van der Waals surface area (Å²) in [6.45, 7) is 10.8. The van der Waals surface area contributed by atoms with Crippen LogP contribution in [-0.2, 0) is 9.59 Å². The summed E-state index contributed by atoms with van der Waals surface area (Å²) in [7, 11) is 0. The van der Waals surface area contributed by atoms with Gasteiger partial charge in [-0.15, -0.1) is 13.2 Å². The number of carbonyl (C=O) groups is 2. The Hall–Kier alpha value is -1.58. The van der Waals surface area contributed by atoms with Crippen molar-refractivity contribution in [3.05, 3.63) is 25.3 Å². The quantitative estimate of drug-likeness (QED) is 0.498. The molecule has 0 bridgehead atoms.